The van der Waals surface area contributed by atoms with E-state index >= 15 is 0 Å². The number of Topliss-reactive ketones (excluding diaryl/α,β-unsaturated/α-hetero) is 1. The van der Waals surface area contributed by atoms with Crippen LogP contribution >= 0.6 is 0 Å². The molecule has 1 unspecified atom stereocenters. The zero-order chi connectivity index (χ0) is 21.0. The lowest BCUT2D eigenvalue weighted by molar-refractivity contribution is -0.385. The molecule has 0 radical (unpaired) electrons. The number of allylic oxidation sites excluding steroid dienone is 2. The lowest BCUT2D eigenvalue weighted by Crippen LogP contribution is -2.33. The number of rotatable bonds is 6. The van der Waals surface area contributed by atoms with Crippen molar-refractivity contribution >= 4 is 23.4 Å². The summed E-state index contributed by atoms with van der Waals surface area (Å²) in [6.45, 7) is 4.01. The first-order chi connectivity index (χ1) is 13.2. The molecule has 0 bridgehead atoms. The zero-order valence-electron chi connectivity index (χ0n) is 15.9. The molecule has 0 aromatic heterocycles. The minimum Gasteiger partial charge on any atom is -0.466 e. The number of hydrogen-bond donors (Lipinski definition) is 1. The monoisotopic (exact) mass is 388 g/mol. The maximum Gasteiger partial charge on any atom is 0.337 e. The smallest absolute Gasteiger partial charge is 0.337 e. The number of nitrogens with zero attached hydrogens (tertiary/aromatic N) is 1. The number of dihydropyridines is 1. The van der Waals surface area contributed by atoms with E-state index in [4.69, 9.17) is 9.47 Å². The fourth-order valence-electron chi connectivity index (χ4n) is 3.10. The van der Waals surface area contributed by atoms with Crippen molar-refractivity contribution in [1.82, 2.24) is 5.32 Å². The largest absolute Gasteiger partial charge is 0.466 e. The summed E-state index contributed by atoms with van der Waals surface area (Å²) < 4.78 is 9.87. The molecule has 1 aliphatic rings. The molecule has 0 spiro atoms. The first kappa shape index (κ1) is 20.8. The van der Waals surface area contributed by atoms with Crippen molar-refractivity contribution in [2.24, 2.45) is 0 Å². The van der Waals surface area contributed by atoms with E-state index in [0.29, 0.717) is 11.4 Å². The zero-order valence-corrected chi connectivity index (χ0v) is 15.9. The van der Waals surface area contributed by atoms with Crippen molar-refractivity contribution in [3.63, 3.8) is 0 Å². The van der Waals surface area contributed by atoms with Gasteiger partial charge in [0.15, 0.2) is 5.78 Å². The third-order valence-electron chi connectivity index (χ3n) is 4.24. The van der Waals surface area contributed by atoms with Crippen LogP contribution in [0.4, 0.5) is 5.69 Å². The van der Waals surface area contributed by atoms with Gasteiger partial charge in [0.25, 0.3) is 5.69 Å². The van der Waals surface area contributed by atoms with Gasteiger partial charge < -0.3 is 14.8 Å². The van der Waals surface area contributed by atoms with Crippen molar-refractivity contribution in [3.8, 4) is 0 Å². The average Bonchev–Trinajstić information content (AvgIpc) is 2.64. The minimum absolute atomic E-state index is 0.00144. The molecule has 9 heteroatoms. The van der Waals surface area contributed by atoms with Gasteiger partial charge in [0.1, 0.15) is 6.61 Å². The maximum absolute atomic E-state index is 12.7. The molecule has 2 rings (SSSR count). The topological polar surface area (TPSA) is 125 Å². The lowest BCUT2D eigenvalue weighted by Gasteiger charge is -2.30. The van der Waals surface area contributed by atoms with Crippen molar-refractivity contribution in [2.75, 3.05) is 13.7 Å². The molecule has 9 nitrogen and oxygen atoms in total. The number of nitrogens with one attached hydrogen (secondary N) is 1. The Bertz CT molecular complexity index is 915. The van der Waals surface area contributed by atoms with E-state index in [1.807, 2.05) is 0 Å². The molecule has 0 saturated carbocycles. The van der Waals surface area contributed by atoms with Gasteiger partial charge in [0.2, 0.25) is 0 Å². The summed E-state index contributed by atoms with van der Waals surface area (Å²) in [7, 11) is 1.18. The van der Waals surface area contributed by atoms with Crippen molar-refractivity contribution < 1.29 is 28.8 Å². The molecule has 148 valence electrons. The average molecular weight is 388 g/mol. The lowest BCUT2D eigenvalue weighted by atomic mass is 9.79. The van der Waals surface area contributed by atoms with Crippen molar-refractivity contribution in [1.29, 1.82) is 0 Å². The van der Waals surface area contributed by atoms with Crippen LogP contribution in [0, 0.1) is 10.1 Å². The number of nitro groups is 1. The fraction of sp³-hybridized carbons (Fsp3) is 0.316. The van der Waals surface area contributed by atoms with Gasteiger partial charge in [0, 0.05) is 23.0 Å². The highest BCUT2D eigenvalue weighted by Gasteiger charge is 2.40. The first-order valence-electron chi connectivity index (χ1n) is 8.35. The number of ketones is 1. The molecule has 0 fully saturated rings. The third-order valence-corrected chi connectivity index (χ3v) is 4.24. The van der Waals surface area contributed by atoms with Gasteiger partial charge in [-0.2, -0.15) is 0 Å². The number of carbonyl (C=O) groups is 3. The number of carbonyl (C=O) groups excluding carboxylic acids is 3. The fourth-order valence-corrected chi connectivity index (χ4v) is 3.10. The molecular formula is C19H20N2O7. The highest BCUT2D eigenvalue weighted by atomic mass is 16.6. The molecule has 1 aromatic carbocycles. The number of nitro benzene ring substituents is 1. The normalized spacial score (nSPS) is 16.4. The number of benzene rings is 1. The molecule has 0 saturated heterocycles. The summed E-state index contributed by atoms with van der Waals surface area (Å²) in [6.07, 6.45) is 0. The first-order valence-corrected chi connectivity index (χ1v) is 8.35. The Kier molecular flexibility index (Phi) is 6.29. The van der Waals surface area contributed by atoms with Crippen LogP contribution in [0.15, 0.2) is 46.8 Å². The molecule has 28 heavy (non-hydrogen) atoms. The van der Waals surface area contributed by atoms with Crippen LogP contribution in [0.5, 0.6) is 0 Å². The highest BCUT2D eigenvalue weighted by Crippen LogP contribution is 2.42. The Balaban J connectivity index is 2.71. The van der Waals surface area contributed by atoms with Crippen molar-refractivity contribution in [2.45, 2.75) is 26.7 Å². The van der Waals surface area contributed by atoms with Crippen LogP contribution in [0.1, 0.15) is 32.3 Å². The van der Waals surface area contributed by atoms with E-state index in [-0.39, 0.29) is 28.2 Å². The summed E-state index contributed by atoms with van der Waals surface area (Å²) in [6, 6.07) is 5.81. The van der Waals surface area contributed by atoms with Gasteiger partial charge in [-0.15, -0.1) is 0 Å². The second-order valence-electron chi connectivity index (χ2n) is 6.22. The SMILES string of the molecule is COC(=O)C1=C(C)NC(C)=C(C(=O)OCC(C)=O)C1c1ccccc1[N+](=O)[O-]. The number of ether oxygens (including phenoxy) is 2. The van der Waals surface area contributed by atoms with E-state index in [0.717, 1.165) is 0 Å². The molecular weight excluding hydrogens is 368 g/mol. The molecule has 0 aliphatic carbocycles. The molecule has 1 aromatic rings. The van der Waals surface area contributed by atoms with E-state index < -0.39 is 29.4 Å². The second kappa shape index (κ2) is 8.47. The number of esters is 2. The van der Waals surface area contributed by atoms with Gasteiger partial charge in [-0.25, -0.2) is 9.59 Å². The molecule has 1 heterocycles. The van der Waals surface area contributed by atoms with Gasteiger partial charge in [-0.3, -0.25) is 14.9 Å². The quantitative estimate of drug-likeness (QED) is 0.446. The van der Waals surface area contributed by atoms with E-state index in [1.165, 1.54) is 32.2 Å². The van der Waals surface area contributed by atoms with E-state index in [1.54, 1.807) is 19.9 Å². The Labute approximate surface area is 161 Å². The van der Waals surface area contributed by atoms with Gasteiger partial charge in [0.05, 0.1) is 29.1 Å². The van der Waals surface area contributed by atoms with Crippen molar-refractivity contribution in [3.05, 3.63) is 62.5 Å². The Morgan fingerprint density at radius 1 is 1.11 bits per heavy atom. The summed E-state index contributed by atoms with van der Waals surface area (Å²) >= 11 is 0. The second-order valence-corrected chi connectivity index (χ2v) is 6.22. The molecule has 1 atom stereocenters. The van der Waals surface area contributed by atoms with Crippen LogP contribution in [0.2, 0.25) is 0 Å². The molecule has 0 amide bonds. The summed E-state index contributed by atoms with van der Waals surface area (Å²) in [5, 5.41) is 14.5. The van der Waals surface area contributed by atoms with E-state index in [2.05, 4.69) is 5.32 Å². The van der Waals surface area contributed by atoms with Gasteiger partial charge >= 0.3 is 11.9 Å². The molecule has 1 N–H and O–H groups in total. The summed E-state index contributed by atoms with van der Waals surface area (Å²) in [5.41, 5.74) is 0.701. The van der Waals surface area contributed by atoms with Crippen LogP contribution in [-0.4, -0.2) is 36.4 Å². The predicted octanol–water partition coefficient (Wildman–Crippen LogP) is 2.13. The van der Waals surface area contributed by atoms with Gasteiger partial charge in [-0.1, -0.05) is 18.2 Å². The van der Waals surface area contributed by atoms with Crippen LogP contribution in [-0.2, 0) is 23.9 Å². The summed E-state index contributed by atoms with van der Waals surface area (Å²) in [5.74, 6) is -3.04. The Morgan fingerprint density at radius 3 is 2.21 bits per heavy atom. The third kappa shape index (κ3) is 4.08. The van der Waals surface area contributed by atoms with Crippen LogP contribution in [0.25, 0.3) is 0 Å². The standard InChI is InChI=1S/C19H20N2O7/c1-10(22)9-28-19(24)16-12(3)20-11(2)15(18(23)27-4)17(16)13-7-5-6-8-14(13)21(25)26/h5-8,17,20H,9H2,1-4H3. The highest BCUT2D eigenvalue weighted by molar-refractivity contribution is 6.00. The van der Waals surface area contributed by atoms with Crippen LogP contribution < -0.4 is 5.32 Å². The van der Waals surface area contributed by atoms with E-state index in [9.17, 15) is 24.5 Å². The number of methoxy groups -OCH3 is 1. The van der Waals surface area contributed by atoms with Crippen LogP contribution in [0.3, 0.4) is 0 Å². The molecule has 1 aliphatic heterocycles. The Morgan fingerprint density at radius 2 is 1.68 bits per heavy atom. The summed E-state index contributed by atoms with van der Waals surface area (Å²) in [4.78, 5) is 47.3. The minimum atomic E-state index is -1.09. The predicted molar refractivity (Wildman–Crippen MR) is 98.0 cm³/mol. The Hall–Kier alpha value is -3.49. The maximum atomic E-state index is 12.7. The number of para-hydroxylation sites is 1. The van der Waals surface area contributed by atoms with Gasteiger partial charge in [-0.05, 0) is 20.8 Å². The number of hydrogen-bond acceptors (Lipinski definition) is 8.